The minimum atomic E-state index is -4.69. The molecule has 0 aliphatic rings. The highest BCUT2D eigenvalue weighted by atomic mass is 19.4. The van der Waals surface area contributed by atoms with Gasteiger partial charge >= 0.3 is 6.36 Å². The summed E-state index contributed by atoms with van der Waals surface area (Å²) in [6, 6.07) is 21.0. The molecule has 4 rings (SSSR count). The minimum Gasteiger partial charge on any atom is -0.506 e. The van der Waals surface area contributed by atoms with E-state index in [-0.39, 0.29) is 11.5 Å². The Balaban J connectivity index is 1.54. The van der Waals surface area contributed by atoms with E-state index in [0.29, 0.717) is 11.9 Å². The van der Waals surface area contributed by atoms with Crippen LogP contribution in [0.2, 0.25) is 0 Å². The Hall–Kier alpha value is -3.54. The smallest absolute Gasteiger partial charge is 0.506 e. The van der Waals surface area contributed by atoms with Crippen LogP contribution in [0, 0.1) is 6.92 Å². The summed E-state index contributed by atoms with van der Waals surface area (Å²) in [4.78, 5) is 4.64. The van der Waals surface area contributed by atoms with E-state index in [0.717, 1.165) is 33.3 Å². The number of para-hydroxylation sites is 1. The van der Waals surface area contributed by atoms with Gasteiger partial charge in [0.1, 0.15) is 17.0 Å². The molecule has 0 amide bonds. The second-order valence-electron chi connectivity index (χ2n) is 7.07. The zero-order valence-electron chi connectivity index (χ0n) is 16.1. The van der Waals surface area contributed by atoms with E-state index in [1.54, 1.807) is 24.3 Å². The standard InChI is InChI=1S/C24H18F3NO2/c1-15-13-19-3-2-4-21(29)23(19)28-22(15)18-9-5-16(6-10-18)14-17-7-11-20(12-8-17)30-24(25,26)27/h2-13,29H,14H2,1H3. The lowest BCUT2D eigenvalue weighted by atomic mass is 10.00. The summed E-state index contributed by atoms with van der Waals surface area (Å²) >= 11 is 0. The highest BCUT2D eigenvalue weighted by molar-refractivity contribution is 5.87. The summed E-state index contributed by atoms with van der Waals surface area (Å²) in [5.41, 5.74) is 5.18. The summed E-state index contributed by atoms with van der Waals surface area (Å²) in [6.45, 7) is 1.98. The van der Waals surface area contributed by atoms with Crippen LogP contribution in [0.5, 0.6) is 11.5 Å². The lowest BCUT2D eigenvalue weighted by molar-refractivity contribution is -0.274. The van der Waals surface area contributed by atoms with Crippen LogP contribution in [0.3, 0.4) is 0 Å². The van der Waals surface area contributed by atoms with Crippen molar-refractivity contribution in [2.45, 2.75) is 19.7 Å². The average molecular weight is 409 g/mol. The number of aromatic nitrogens is 1. The first kappa shape index (κ1) is 19.8. The molecule has 4 aromatic rings. The van der Waals surface area contributed by atoms with Crippen molar-refractivity contribution in [1.29, 1.82) is 0 Å². The largest absolute Gasteiger partial charge is 0.573 e. The molecule has 0 saturated heterocycles. The Morgan fingerprint density at radius 2 is 1.53 bits per heavy atom. The summed E-state index contributed by atoms with van der Waals surface area (Å²) in [5.74, 6) is -0.0916. The molecular weight excluding hydrogens is 391 g/mol. The molecule has 0 radical (unpaired) electrons. The van der Waals surface area contributed by atoms with Crippen molar-refractivity contribution in [1.82, 2.24) is 4.98 Å². The van der Waals surface area contributed by atoms with Crippen molar-refractivity contribution >= 4 is 10.9 Å². The normalized spacial score (nSPS) is 11.6. The van der Waals surface area contributed by atoms with Gasteiger partial charge in [-0.1, -0.05) is 48.5 Å². The van der Waals surface area contributed by atoms with Crippen LogP contribution in [0.1, 0.15) is 16.7 Å². The number of aryl methyl sites for hydroxylation is 1. The Morgan fingerprint density at radius 3 is 2.17 bits per heavy atom. The molecule has 3 nitrogen and oxygen atoms in total. The Bertz CT molecular complexity index is 1180. The third kappa shape index (κ3) is 4.38. The first-order chi connectivity index (χ1) is 14.3. The zero-order valence-corrected chi connectivity index (χ0v) is 16.1. The molecule has 0 atom stereocenters. The number of halogens is 3. The number of phenolic OH excluding ortho intramolecular Hbond substituents is 1. The molecule has 3 aromatic carbocycles. The molecule has 0 spiro atoms. The Morgan fingerprint density at radius 1 is 0.900 bits per heavy atom. The number of hydrogen-bond donors (Lipinski definition) is 1. The molecule has 0 fully saturated rings. The van der Waals surface area contributed by atoms with Crippen molar-refractivity contribution in [3.05, 3.63) is 89.5 Å². The average Bonchev–Trinajstić information content (AvgIpc) is 2.69. The van der Waals surface area contributed by atoms with Crippen molar-refractivity contribution in [3.8, 4) is 22.8 Å². The van der Waals surface area contributed by atoms with E-state index >= 15 is 0 Å². The maximum absolute atomic E-state index is 12.3. The van der Waals surface area contributed by atoms with Crippen molar-refractivity contribution in [3.63, 3.8) is 0 Å². The van der Waals surface area contributed by atoms with Crippen LogP contribution in [0.4, 0.5) is 13.2 Å². The molecular formula is C24H18F3NO2. The van der Waals surface area contributed by atoms with Crippen LogP contribution >= 0.6 is 0 Å². The maximum Gasteiger partial charge on any atom is 0.573 e. The predicted octanol–water partition coefficient (Wildman–Crippen LogP) is 6.41. The fourth-order valence-corrected chi connectivity index (χ4v) is 3.41. The number of phenols is 1. The van der Waals surface area contributed by atoms with Crippen molar-refractivity contribution in [2.75, 3.05) is 0 Å². The lowest BCUT2D eigenvalue weighted by Crippen LogP contribution is -2.17. The first-order valence-corrected chi connectivity index (χ1v) is 9.32. The van der Waals surface area contributed by atoms with Gasteiger partial charge < -0.3 is 9.84 Å². The van der Waals surface area contributed by atoms with Gasteiger partial charge in [-0.05, 0) is 54.3 Å². The number of hydrogen-bond acceptors (Lipinski definition) is 3. The molecule has 1 N–H and O–H groups in total. The molecule has 30 heavy (non-hydrogen) atoms. The van der Waals surface area contributed by atoms with Gasteiger partial charge in [0.25, 0.3) is 0 Å². The first-order valence-electron chi connectivity index (χ1n) is 9.32. The summed E-state index contributed by atoms with van der Waals surface area (Å²) < 4.78 is 40.7. The minimum absolute atomic E-state index is 0.142. The van der Waals surface area contributed by atoms with E-state index in [1.165, 1.54) is 12.1 Å². The molecule has 0 aliphatic heterocycles. The van der Waals surface area contributed by atoms with Gasteiger partial charge in [-0.2, -0.15) is 0 Å². The third-order valence-electron chi connectivity index (χ3n) is 4.81. The number of rotatable bonds is 4. The molecule has 0 aliphatic carbocycles. The number of pyridine rings is 1. The van der Waals surface area contributed by atoms with E-state index < -0.39 is 6.36 Å². The topological polar surface area (TPSA) is 42.4 Å². The van der Waals surface area contributed by atoms with Gasteiger partial charge in [-0.25, -0.2) is 4.98 Å². The Kier molecular flexibility index (Phi) is 5.08. The molecule has 152 valence electrons. The van der Waals surface area contributed by atoms with Crippen LogP contribution < -0.4 is 4.74 Å². The van der Waals surface area contributed by atoms with Crippen LogP contribution in [-0.2, 0) is 6.42 Å². The number of aromatic hydroxyl groups is 1. The van der Waals surface area contributed by atoms with Crippen LogP contribution in [0.15, 0.2) is 72.8 Å². The monoisotopic (exact) mass is 409 g/mol. The summed E-state index contributed by atoms with van der Waals surface area (Å²) in [5, 5.41) is 11.0. The highest BCUT2D eigenvalue weighted by Crippen LogP contribution is 2.30. The number of ether oxygens (including phenoxy) is 1. The second kappa shape index (κ2) is 7.71. The fourth-order valence-electron chi connectivity index (χ4n) is 3.41. The lowest BCUT2D eigenvalue weighted by Gasteiger charge is -2.10. The third-order valence-corrected chi connectivity index (χ3v) is 4.81. The number of alkyl halides is 3. The summed E-state index contributed by atoms with van der Waals surface area (Å²) in [6.07, 6.45) is -4.11. The van der Waals surface area contributed by atoms with E-state index in [1.807, 2.05) is 43.3 Å². The predicted molar refractivity (Wildman–Crippen MR) is 110 cm³/mol. The van der Waals surface area contributed by atoms with E-state index in [4.69, 9.17) is 0 Å². The fraction of sp³-hybridized carbons (Fsp3) is 0.125. The molecule has 1 aromatic heterocycles. The van der Waals surface area contributed by atoms with Crippen molar-refractivity contribution in [2.24, 2.45) is 0 Å². The van der Waals surface area contributed by atoms with Crippen molar-refractivity contribution < 1.29 is 23.0 Å². The van der Waals surface area contributed by atoms with Gasteiger partial charge in [0.05, 0.1) is 5.69 Å². The summed E-state index contributed by atoms with van der Waals surface area (Å²) in [7, 11) is 0. The zero-order chi connectivity index (χ0) is 21.3. The van der Waals surface area contributed by atoms with Crippen LogP contribution in [0.25, 0.3) is 22.2 Å². The molecule has 0 saturated carbocycles. The van der Waals surface area contributed by atoms with E-state index in [2.05, 4.69) is 9.72 Å². The van der Waals surface area contributed by atoms with Gasteiger partial charge in [0.15, 0.2) is 0 Å². The SMILES string of the molecule is Cc1cc2cccc(O)c2nc1-c1ccc(Cc2ccc(OC(F)(F)F)cc2)cc1. The van der Waals surface area contributed by atoms with Gasteiger partial charge in [-0.3, -0.25) is 0 Å². The van der Waals surface area contributed by atoms with Gasteiger partial charge in [0.2, 0.25) is 0 Å². The van der Waals surface area contributed by atoms with Gasteiger partial charge in [-0.15, -0.1) is 13.2 Å². The maximum atomic E-state index is 12.3. The molecule has 0 bridgehead atoms. The molecule has 1 heterocycles. The second-order valence-corrected chi connectivity index (χ2v) is 7.07. The number of benzene rings is 3. The number of nitrogens with zero attached hydrogens (tertiary/aromatic N) is 1. The van der Waals surface area contributed by atoms with Crippen LogP contribution in [-0.4, -0.2) is 16.5 Å². The number of fused-ring (bicyclic) bond motifs is 1. The molecule has 0 unspecified atom stereocenters. The van der Waals surface area contributed by atoms with E-state index in [9.17, 15) is 18.3 Å². The highest BCUT2D eigenvalue weighted by Gasteiger charge is 2.30. The Labute approximate surface area is 171 Å². The van der Waals surface area contributed by atoms with Gasteiger partial charge in [0, 0.05) is 10.9 Å². The molecule has 6 heteroatoms. The quantitative estimate of drug-likeness (QED) is 0.424.